The van der Waals surface area contributed by atoms with E-state index in [1.165, 1.54) is 0 Å². The van der Waals surface area contributed by atoms with E-state index in [1.54, 1.807) is 30.0 Å². The van der Waals surface area contributed by atoms with E-state index in [9.17, 15) is 9.59 Å². The SMILES string of the molecule is CSCC[C@H](NC(=O)c1ccc(Br)c(C)c1)C(=O)O. The van der Waals surface area contributed by atoms with Crippen LogP contribution in [0.3, 0.4) is 0 Å². The Kier molecular flexibility index (Phi) is 6.37. The molecule has 0 aliphatic heterocycles. The zero-order valence-corrected chi connectivity index (χ0v) is 13.2. The van der Waals surface area contributed by atoms with Gasteiger partial charge in [-0.1, -0.05) is 15.9 Å². The minimum Gasteiger partial charge on any atom is -0.480 e. The van der Waals surface area contributed by atoms with Crippen molar-refractivity contribution in [3.05, 3.63) is 33.8 Å². The molecule has 0 bridgehead atoms. The lowest BCUT2D eigenvalue weighted by atomic mass is 10.1. The van der Waals surface area contributed by atoms with Gasteiger partial charge in [0.05, 0.1) is 0 Å². The Morgan fingerprint density at radius 3 is 2.68 bits per heavy atom. The van der Waals surface area contributed by atoms with Crippen LogP contribution in [0, 0.1) is 6.92 Å². The van der Waals surface area contributed by atoms with E-state index in [1.807, 2.05) is 13.2 Å². The smallest absolute Gasteiger partial charge is 0.326 e. The molecular formula is C13H16BrNO3S. The standard InChI is InChI=1S/C13H16BrNO3S/c1-8-7-9(3-4-10(8)14)12(16)15-11(13(17)18)5-6-19-2/h3-4,7,11H,5-6H2,1-2H3,(H,15,16)(H,17,18)/t11-/m0/s1. The number of aryl methyl sites for hydroxylation is 1. The molecule has 0 aliphatic rings. The first-order valence-corrected chi connectivity index (χ1v) is 7.93. The summed E-state index contributed by atoms with van der Waals surface area (Å²) in [6, 6.07) is 4.33. The molecular weight excluding hydrogens is 330 g/mol. The van der Waals surface area contributed by atoms with Gasteiger partial charge >= 0.3 is 5.97 Å². The number of rotatable bonds is 6. The highest BCUT2D eigenvalue weighted by Gasteiger charge is 2.20. The highest BCUT2D eigenvalue weighted by atomic mass is 79.9. The number of carboxylic acids is 1. The van der Waals surface area contributed by atoms with Gasteiger partial charge in [0.2, 0.25) is 0 Å². The first-order chi connectivity index (χ1) is 8.95. The van der Waals surface area contributed by atoms with E-state index in [4.69, 9.17) is 5.11 Å². The molecule has 0 aromatic heterocycles. The molecule has 104 valence electrons. The zero-order valence-electron chi connectivity index (χ0n) is 10.8. The number of nitrogens with one attached hydrogen (secondary N) is 1. The lowest BCUT2D eigenvalue weighted by Gasteiger charge is -2.14. The molecule has 0 radical (unpaired) electrons. The van der Waals surface area contributed by atoms with E-state index in [0.29, 0.717) is 17.7 Å². The molecule has 1 amide bonds. The van der Waals surface area contributed by atoms with Gasteiger partial charge in [-0.25, -0.2) is 4.79 Å². The molecule has 4 nitrogen and oxygen atoms in total. The van der Waals surface area contributed by atoms with Crippen LogP contribution >= 0.6 is 27.7 Å². The van der Waals surface area contributed by atoms with Gasteiger partial charge in [-0.15, -0.1) is 0 Å². The first kappa shape index (κ1) is 16.0. The van der Waals surface area contributed by atoms with E-state index >= 15 is 0 Å². The fourth-order valence-corrected chi connectivity index (χ4v) is 2.24. The Morgan fingerprint density at radius 2 is 2.16 bits per heavy atom. The summed E-state index contributed by atoms with van der Waals surface area (Å²) in [5, 5.41) is 11.6. The predicted molar refractivity (Wildman–Crippen MR) is 80.8 cm³/mol. The number of thioether (sulfide) groups is 1. The Bertz CT molecular complexity index is 479. The van der Waals surface area contributed by atoms with E-state index in [0.717, 1.165) is 10.0 Å². The van der Waals surface area contributed by atoms with Crippen LogP contribution in [-0.2, 0) is 4.79 Å². The first-order valence-electron chi connectivity index (χ1n) is 5.74. The van der Waals surface area contributed by atoms with Crippen molar-refractivity contribution >= 4 is 39.6 Å². The molecule has 0 fully saturated rings. The quantitative estimate of drug-likeness (QED) is 0.831. The van der Waals surface area contributed by atoms with Crippen LogP contribution in [0.5, 0.6) is 0 Å². The van der Waals surface area contributed by atoms with Gasteiger partial charge in [-0.3, -0.25) is 4.79 Å². The summed E-state index contributed by atoms with van der Waals surface area (Å²) in [5.41, 5.74) is 1.40. The van der Waals surface area contributed by atoms with Crippen LogP contribution in [0.25, 0.3) is 0 Å². The largest absolute Gasteiger partial charge is 0.480 e. The maximum Gasteiger partial charge on any atom is 0.326 e. The molecule has 1 atom stereocenters. The molecule has 2 N–H and O–H groups in total. The van der Waals surface area contributed by atoms with Gasteiger partial charge in [0, 0.05) is 10.0 Å². The number of benzene rings is 1. The zero-order chi connectivity index (χ0) is 14.4. The number of aliphatic carboxylic acids is 1. The molecule has 0 aliphatic carbocycles. The second-order valence-corrected chi connectivity index (χ2v) is 5.95. The number of amides is 1. The molecule has 0 unspecified atom stereocenters. The normalized spacial score (nSPS) is 11.9. The second kappa shape index (κ2) is 7.55. The Morgan fingerprint density at radius 1 is 1.47 bits per heavy atom. The Hall–Kier alpha value is -1.01. The Balaban J connectivity index is 2.75. The van der Waals surface area contributed by atoms with Crippen molar-refractivity contribution < 1.29 is 14.7 Å². The van der Waals surface area contributed by atoms with Gasteiger partial charge in [0.15, 0.2) is 0 Å². The van der Waals surface area contributed by atoms with Crippen LogP contribution in [0.15, 0.2) is 22.7 Å². The van der Waals surface area contributed by atoms with Gasteiger partial charge in [0.25, 0.3) is 5.91 Å². The van der Waals surface area contributed by atoms with E-state index < -0.39 is 12.0 Å². The number of hydrogen-bond acceptors (Lipinski definition) is 3. The lowest BCUT2D eigenvalue weighted by Crippen LogP contribution is -2.41. The molecule has 0 spiro atoms. The molecule has 6 heteroatoms. The molecule has 0 saturated carbocycles. The van der Waals surface area contributed by atoms with Crippen molar-refractivity contribution in [1.82, 2.24) is 5.32 Å². The third-order valence-electron chi connectivity index (χ3n) is 2.63. The molecule has 0 heterocycles. The minimum atomic E-state index is -1.00. The summed E-state index contributed by atoms with van der Waals surface area (Å²) in [6.07, 6.45) is 2.32. The third kappa shape index (κ3) is 4.87. The molecule has 1 rings (SSSR count). The number of carbonyl (C=O) groups is 2. The van der Waals surface area contributed by atoms with Crippen LogP contribution in [-0.4, -0.2) is 35.0 Å². The maximum atomic E-state index is 12.0. The van der Waals surface area contributed by atoms with Crippen LogP contribution in [0.2, 0.25) is 0 Å². The highest BCUT2D eigenvalue weighted by Crippen LogP contribution is 2.17. The number of carbonyl (C=O) groups excluding carboxylic acids is 1. The van der Waals surface area contributed by atoms with Crippen molar-refractivity contribution in [2.45, 2.75) is 19.4 Å². The lowest BCUT2D eigenvalue weighted by molar-refractivity contribution is -0.139. The second-order valence-electron chi connectivity index (χ2n) is 4.11. The fourth-order valence-electron chi connectivity index (χ4n) is 1.52. The predicted octanol–water partition coefficient (Wildman–Crippen LogP) is 2.69. The van der Waals surface area contributed by atoms with E-state index in [2.05, 4.69) is 21.2 Å². The summed E-state index contributed by atoms with van der Waals surface area (Å²) >= 11 is 4.91. The Labute approximate surface area is 125 Å². The van der Waals surface area contributed by atoms with Crippen LogP contribution < -0.4 is 5.32 Å². The third-order valence-corrected chi connectivity index (χ3v) is 4.17. The van der Waals surface area contributed by atoms with Gasteiger partial charge < -0.3 is 10.4 Å². The summed E-state index contributed by atoms with van der Waals surface area (Å²) in [4.78, 5) is 23.1. The van der Waals surface area contributed by atoms with Crippen molar-refractivity contribution in [2.24, 2.45) is 0 Å². The monoisotopic (exact) mass is 345 g/mol. The molecule has 1 aromatic rings. The molecule has 19 heavy (non-hydrogen) atoms. The summed E-state index contributed by atoms with van der Waals surface area (Å²) in [5.74, 6) is -0.670. The van der Waals surface area contributed by atoms with Gasteiger partial charge in [0.1, 0.15) is 6.04 Å². The van der Waals surface area contributed by atoms with Crippen LogP contribution in [0.1, 0.15) is 22.3 Å². The maximum absolute atomic E-state index is 12.0. The fraction of sp³-hybridized carbons (Fsp3) is 0.385. The van der Waals surface area contributed by atoms with Gasteiger partial charge in [-0.2, -0.15) is 11.8 Å². The summed E-state index contributed by atoms with van der Waals surface area (Å²) in [7, 11) is 0. The average molecular weight is 346 g/mol. The number of carboxylic acid groups (broad SMARTS) is 1. The van der Waals surface area contributed by atoms with Crippen molar-refractivity contribution in [2.75, 3.05) is 12.0 Å². The summed E-state index contributed by atoms with van der Waals surface area (Å²) < 4.78 is 0.918. The average Bonchev–Trinajstić information content (AvgIpc) is 2.37. The number of hydrogen-bond donors (Lipinski definition) is 2. The summed E-state index contributed by atoms with van der Waals surface area (Å²) in [6.45, 7) is 1.88. The van der Waals surface area contributed by atoms with Crippen molar-refractivity contribution in [3.8, 4) is 0 Å². The number of halogens is 1. The molecule has 0 saturated heterocycles. The van der Waals surface area contributed by atoms with Gasteiger partial charge in [-0.05, 0) is 49.1 Å². The van der Waals surface area contributed by atoms with E-state index in [-0.39, 0.29) is 5.91 Å². The van der Waals surface area contributed by atoms with Crippen LogP contribution in [0.4, 0.5) is 0 Å². The highest BCUT2D eigenvalue weighted by molar-refractivity contribution is 9.10. The van der Waals surface area contributed by atoms with Crippen molar-refractivity contribution in [3.63, 3.8) is 0 Å². The van der Waals surface area contributed by atoms with Crippen molar-refractivity contribution in [1.29, 1.82) is 0 Å². The topological polar surface area (TPSA) is 66.4 Å². The molecule has 1 aromatic carbocycles. The minimum absolute atomic E-state index is 0.357.